The molecule has 2 aromatic carbocycles. The highest BCUT2D eigenvalue weighted by molar-refractivity contribution is 8.00. The molecule has 0 amide bonds. The van der Waals surface area contributed by atoms with E-state index in [2.05, 4.69) is 52.4 Å². The molecule has 5 rings (SSSR count). The van der Waals surface area contributed by atoms with Crippen molar-refractivity contribution in [3.63, 3.8) is 0 Å². The summed E-state index contributed by atoms with van der Waals surface area (Å²) in [5.74, 6) is 0.140. The number of hydrogen-bond acceptors (Lipinski definition) is 6. The van der Waals surface area contributed by atoms with E-state index in [4.69, 9.17) is 4.74 Å². The van der Waals surface area contributed by atoms with E-state index in [0.717, 1.165) is 32.6 Å². The molecule has 0 bridgehead atoms. The minimum absolute atomic E-state index is 0.128. The number of pyridine rings is 1. The zero-order valence-electron chi connectivity index (χ0n) is 26.4. The lowest BCUT2D eigenvalue weighted by atomic mass is 9.78. The first-order valence-corrected chi connectivity index (χ1v) is 16.0. The summed E-state index contributed by atoms with van der Waals surface area (Å²) in [6.45, 7) is 11.2. The van der Waals surface area contributed by atoms with Crippen LogP contribution in [0.15, 0.2) is 84.1 Å². The van der Waals surface area contributed by atoms with Crippen LogP contribution in [0.5, 0.6) is 5.75 Å². The van der Waals surface area contributed by atoms with E-state index in [9.17, 15) is 14.3 Å². The topological polar surface area (TPSA) is 90.1 Å². The number of nitrogens with zero attached hydrogens (tertiary/aromatic N) is 4. The van der Waals surface area contributed by atoms with Gasteiger partial charge in [-0.3, -0.25) is 9.78 Å². The molecule has 0 saturated heterocycles. The number of aromatic nitrogens is 4. The molecule has 0 atom stereocenters. The van der Waals surface area contributed by atoms with Crippen LogP contribution >= 0.6 is 11.8 Å². The number of carboxylic acids is 1. The monoisotopic (exact) mass is 626 g/mol. The second-order valence-electron chi connectivity index (χ2n) is 12.2. The van der Waals surface area contributed by atoms with Gasteiger partial charge in [-0.05, 0) is 54.8 Å². The van der Waals surface area contributed by atoms with Gasteiger partial charge in [0.1, 0.15) is 18.2 Å². The number of rotatable bonds is 12. The molecule has 234 valence electrons. The molecule has 9 heteroatoms. The maximum absolute atomic E-state index is 13.4. The average molecular weight is 627 g/mol. The van der Waals surface area contributed by atoms with Gasteiger partial charge >= 0.3 is 5.97 Å². The van der Waals surface area contributed by atoms with Gasteiger partial charge in [0.05, 0.1) is 17.3 Å². The van der Waals surface area contributed by atoms with Crippen molar-refractivity contribution in [1.29, 1.82) is 0 Å². The Balaban J connectivity index is 1.62. The Hall–Kier alpha value is -4.24. The summed E-state index contributed by atoms with van der Waals surface area (Å²) >= 11 is 1.75. The summed E-state index contributed by atoms with van der Waals surface area (Å²) in [6, 6.07) is 19.0. The van der Waals surface area contributed by atoms with Gasteiger partial charge in [0.15, 0.2) is 5.82 Å². The largest absolute Gasteiger partial charge is 0.486 e. The van der Waals surface area contributed by atoms with Crippen molar-refractivity contribution in [2.24, 2.45) is 5.41 Å². The van der Waals surface area contributed by atoms with Crippen LogP contribution in [0.3, 0.4) is 0 Å². The van der Waals surface area contributed by atoms with Gasteiger partial charge in [0.25, 0.3) is 0 Å². The number of benzene rings is 2. The molecule has 0 aliphatic rings. The van der Waals surface area contributed by atoms with Crippen LogP contribution in [0.4, 0.5) is 4.39 Å². The summed E-state index contributed by atoms with van der Waals surface area (Å²) in [4.78, 5) is 26.6. The lowest BCUT2D eigenvalue weighted by molar-refractivity contribution is -0.149. The number of ether oxygens (including phenoxy) is 1. The fourth-order valence-electron chi connectivity index (χ4n) is 5.48. The highest BCUT2D eigenvalue weighted by Crippen LogP contribution is 2.45. The van der Waals surface area contributed by atoms with E-state index >= 15 is 0 Å². The van der Waals surface area contributed by atoms with Gasteiger partial charge in [-0.25, -0.2) is 14.4 Å². The molecule has 45 heavy (non-hydrogen) atoms. The third kappa shape index (κ3) is 7.36. The molecule has 5 aromatic rings. The van der Waals surface area contributed by atoms with Crippen molar-refractivity contribution >= 4 is 28.6 Å². The minimum Gasteiger partial charge on any atom is -0.486 e. The molecule has 7 nitrogen and oxygen atoms in total. The Morgan fingerprint density at radius 2 is 1.69 bits per heavy atom. The maximum atomic E-state index is 13.4. The fraction of sp³-hybridized carbons (Fsp3) is 0.333. The molecule has 1 N–H and O–H groups in total. The molecular weight excluding hydrogens is 587 g/mol. The second-order valence-corrected chi connectivity index (χ2v) is 14.1. The molecule has 0 aliphatic heterocycles. The van der Waals surface area contributed by atoms with E-state index in [-0.39, 0.29) is 17.2 Å². The standard InChI is InChI=1S/C36H39FN4O3S/c1-6-36(7-2,34(42)43)20-31-33(45-35(3,4)5)28-19-27(44-23-32-38-17-8-18-39-32)14-16-30(28)41(31)22-24-9-11-25(12-10-24)29-15-13-26(37)21-40-29/h8-19,21H,6-7,20,22-23H2,1-5H3,(H,42,43). The molecular formula is C36H39FN4O3S. The number of hydrogen-bond donors (Lipinski definition) is 1. The van der Waals surface area contributed by atoms with Gasteiger partial charge in [-0.2, -0.15) is 0 Å². The van der Waals surface area contributed by atoms with E-state index in [1.807, 2.05) is 44.2 Å². The van der Waals surface area contributed by atoms with Crippen molar-refractivity contribution in [3.8, 4) is 17.0 Å². The van der Waals surface area contributed by atoms with Gasteiger partial charge in [0, 0.05) is 57.2 Å². The fourth-order valence-corrected chi connectivity index (χ4v) is 6.67. The average Bonchev–Trinajstić information content (AvgIpc) is 3.29. The quantitative estimate of drug-likeness (QED) is 0.139. The SMILES string of the molecule is CCC(CC)(Cc1c(SC(C)(C)C)c2cc(OCc3ncccn3)ccc2n1Cc1ccc(-c2ccc(F)cn2)cc1)C(=O)O. The van der Waals surface area contributed by atoms with Gasteiger partial charge in [-0.1, -0.05) is 58.9 Å². The predicted octanol–water partition coefficient (Wildman–Crippen LogP) is 8.58. The van der Waals surface area contributed by atoms with Crippen LogP contribution in [-0.2, 0) is 24.4 Å². The summed E-state index contributed by atoms with van der Waals surface area (Å²) < 4.78 is 21.7. The highest BCUT2D eigenvalue weighted by Gasteiger charge is 2.38. The van der Waals surface area contributed by atoms with Gasteiger partial charge in [-0.15, -0.1) is 11.8 Å². The Kier molecular flexibility index (Phi) is 9.58. The number of carboxylic acid groups (broad SMARTS) is 1. The number of aliphatic carboxylic acids is 1. The van der Waals surface area contributed by atoms with Crippen molar-refractivity contribution < 1.29 is 19.0 Å². The Bertz CT molecular complexity index is 1760. The number of thioether (sulfide) groups is 1. The zero-order valence-corrected chi connectivity index (χ0v) is 27.2. The zero-order chi connectivity index (χ0) is 32.2. The van der Waals surface area contributed by atoms with Crippen molar-refractivity contribution in [2.75, 3.05) is 0 Å². The van der Waals surface area contributed by atoms with Gasteiger partial charge in [0.2, 0.25) is 0 Å². The van der Waals surface area contributed by atoms with Crippen molar-refractivity contribution in [2.45, 2.75) is 76.7 Å². The van der Waals surface area contributed by atoms with Crippen LogP contribution in [0.1, 0.15) is 64.5 Å². The van der Waals surface area contributed by atoms with E-state index in [1.165, 1.54) is 12.3 Å². The molecule has 3 heterocycles. The van der Waals surface area contributed by atoms with Crippen molar-refractivity contribution in [3.05, 3.63) is 102 Å². The van der Waals surface area contributed by atoms with Crippen LogP contribution in [0.25, 0.3) is 22.2 Å². The molecule has 0 fully saturated rings. The van der Waals surface area contributed by atoms with Crippen LogP contribution in [0.2, 0.25) is 0 Å². The van der Waals surface area contributed by atoms with Crippen LogP contribution in [0, 0.1) is 11.2 Å². The minimum atomic E-state index is -0.901. The Morgan fingerprint density at radius 1 is 0.978 bits per heavy atom. The number of fused-ring (bicyclic) bond motifs is 1. The molecule has 0 unspecified atom stereocenters. The van der Waals surface area contributed by atoms with E-state index in [0.29, 0.717) is 43.1 Å². The maximum Gasteiger partial charge on any atom is 0.310 e. The smallest absolute Gasteiger partial charge is 0.310 e. The molecule has 0 spiro atoms. The second kappa shape index (κ2) is 13.4. The lowest BCUT2D eigenvalue weighted by Crippen LogP contribution is -2.33. The number of carbonyl (C=O) groups is 1. The van der Waals surface area contributed by atoms with Gasteiger partial charge < -0.3 is 14.4 Å². The first-order valence-electron chi connectivity index (χ1n) is 15.2. The first-order chi connectivity index (χ1) is 21.5. The van der Waals surface area contributed by atoms with Crippen LogP contribution < -0.4 is 4.74 Å². The highest BCUT2D eigenvalue weighted by atomic mass is 32.2. The first kappa shape index (κ1) is 32.2. The summed E-state index contributed by atoms with van der Waals surface area (Å²) in [7, 11) is 0. The predicted molar refractivity (Wildman–Crippen MR) is 177 cm³/mol. The van der Waals surface area contributed by atoms with E-state index < -0.39 is 11.4 Å². The normalized spacial score (nSPS) is 12.0. The molecule has 3 aromatic heterocycles. The molecule has 0 aliphatic carbocycles. The lowest BCUT2D eigenvalue weighted by Gasteiger charge is -2.29. The molecule has 0 radical (unpaired) electrons. The number of halogens is 1. The third-order valence-corrected chi connectivity index (χ3v) is 9.39. The third-order valence-electron chi connectivity index (χ3n) is 8.12. The summed E-state index contributed by atoms with van der Waals surface area (Å²) in [6.07, 6.45) is 6.04. The van der Waals surface area contributed by atoms with E-state index in [1.54, 1.807) is 36.3 Å². The summed E-state index contributed by atoms with van der Waals surface area (Å²) in [5, 5.41) is 11.5. The Morgan fingerprint density at radius 3 is 2.29 bits per heavy atom. The van der Waals surface area contributed by atoms with Crippen molar-refractivity contribution in [1.82, 2.24) is 19.5 Å². The van der Waals surface area contributed by atoms with Crippen LogP contribution in [-0.4, -0.2) is 35.3 Å². The summed E-state index contributed by atoms with van der Waals surface area (Å²) in [5.41, 5.74) is 3.76. The molecule has 0 saturated carbocycles. The Labute approximate surface area is 267 Å².